The Morgan fingerprint density at radius 1 is 1.21 bits per heavy atom. The van der Waals surface area contributed by atoms with Crippen molar-refractivity contribution in [3.63, 3.8) is 0 Å². The second kappa shape index (κ2) is 6.88. The van der Waals surface area contributed by atoms with Gasteiger partial charge in [0.05, 0.1) is 0 Å². The van der Waals surface area contributed by atoms with Gasteiger partial charge in [0.15, 0.2) is 5.16 Å². The second-order valence-corrected chi connectivity index (χ2v) is 6.16. The Balaban J connectivity index is 1.88. The first-order valence-corrected chi connectivity index (χ1v) is 8.71. The molecule has 0 saturated heterocycles. The molecular weight excluding hydrogens is 322 g/mol. The quantitative estimate of drug-likeness (QED) is 0.586. The van der Waals surface area contributed by atoms with E-state index in [0.29, 0.717) is 10.9 Å². The number of carbonyl (C=O) groups excluding carboxylic acids is 1. The van der Waals surface area contributed by atoms with E-state index in [1.165, 1.54) is 22.4 Å². The summed E-state index contributed by atoms with van der Waals surface area (Å²) in [5.74, 6) is -0.255. The number of nitrogens with one attached hydrogen (secondary N) is 1. The van der Waals surface area contributed by atoms with E-state index in [4.69, 9.17) is 0 Å². The van der Waals surface area contributed by atoms with E-state index in [9.17, 15) is 9.59 Å². The van der Waals surface area contributed by atoms with Gasteiger partial charge < -0.3 is 5.32 Å². The van der Waals surface area contributed by atoms with Crippen LogP contribution in [0, 0.1) is 6.92 Å². The molecule has 1 amide bonds. The molecule has 0 saturated carbocycles. The molecule has 1 N–H and O–H groups in total. The first-order chi connectivity index (χ1) is 11.6. The number of fused-ring (bicyclic) bond motifs is 1. The van der Waals surface area contributed by atoms with E-state index in [0.717, 1.165) is 16.5 Å². The molecule has 0 aliphatic heterocycles. The van der Waals surface area contributed by atoms with Crippen molar-refractivity contribution in [3.8, 4) is 0 Å². The lowest BCUT2D eigenvalue weighted by Gasteiger charge is -2.12. The van der Waals surface area contributed by atoms with Gasteiger partial charge in [0.1, 0.15) is 6.54 Å². The van der Waals surface area contributed by atoms with Gasteiger partial charge in [-0.15, -0.1) is 0 Å². The van der Waals surface area contributed by atoms with Crippen LogP contribution in [-0.2, 0) is 11.3 Å². The normalized spacial score (nSPS) is 10.8. The number of rotatable bonds is 4. The number of aromatic nitrogens is 2. The Bertz CT molecular complexity index is 961. The number of aryl methyl sites for hydroxylation is 1. The Morgan fingerprint density at radius 2 is 1.96 bits per heavy atom. The molecule has 0 radical (unpaired) electrons. The van der Waals surface area contributed by atoms with Crippen LogP contribution in [0.2, 0.25) is 0 Å². The molecule has 2 aromatic carbocycles. The first kappa shape index (κ1) is 16.3. The maximum Gasteiger partial charge on any atom is 0.254 e. The van der Waals surface area contributed by atoms with Crippen LogP contribution in [0.15, 0.2) is 58.5 Å². The lowest BCUT2D eigenvalue weighted by atomic mass is 10.1. The number of hydrogen-bond acceptors (Lipinski definition) is 4. The van der Waals surface area contributed by atoms with Crippen LogP contribution < -0.4 is 10.9 Å². The van der Waals surface area contributed by atoms with Gasteiger partial charge in [0.2, 0.25) is 5.91 Å². The lowest BCUT2D eigenvalue weighted by molar-refractivity contribution is -0.116. The van der Waals surface area contributed by atoms with E-state index in [-0.39, 0.29) is 18.0 Å². The van der Waals surface area contributed by atoms with E-state index in [2.05, 4.69) is 10.3 Å². The second-order valence-electron chi connectivity index (χ2n) is 5.38. The van der Waals surface area contributed by atoms with Crippen molar-refractivity contribution < 1.29 is 4.79 Å². The maximum atomic E-state index is 12.4. The van der Waals surface area contributed by atoms with Gasteiger partial charge in [-0.05, 0) is 24.6 Å². The summed E-state index contributed by atoms with van der Waals surface area (Å²) in [6, 6.07) is 15.0. The monoisotopic (exact) mass is 339 g/mol. The van der Waals surface area contributed by atoms with Crippen LogP contribution in [-0.4, -0.2) is 21.7 Å². The van der Waals surface area contributed by atoms with Crippen molar-refractivity contribution >= 4 is 34.1 Å². The molecule has 0 fully saturated rings. The average Bonchev–Trinajstić information content (AvgIpc) is 2.57. The van der Waals surface area contributed by atoms with Gasteiger partial charge >= 0.3 is 0 Å². The molecule has 0 atom stereocenters. The molecule has 0 aliphatic carbocycles. The van der Waals surface area contributed by atoms with E-state index in [1.807, 2.05) is 48.7 Å². The van der Waals surface area contributed by atoms with Crippen molar-refractivity contribution in [2.24, 2.45) is 0 Å². The average molecular weight is 339 g/mol. The Labute approximate surface area is 143 Å². The fourth-order valence-corrected chi connectivity index (χ4v) is 3.17. The fourth-order valence-electron chi connectivity index (χ4n) is 2.56. The molecule has 0 aliphatic rings. The highest BCUT2D eigenvalue weighted by atomic mass is 32.2. The number of amides is 1. The van der Waals surface area contributed by atoms with Crippen molar-refractivity contribution in [3.05, 3.63) is 64.6 Å². The molecule has 6 heteroatoms. The minimum atomic E-state index is -0.255. The first-order valence-electron chi connectivity index (χ1n) is 7.48. The van der Waals surface area contributed by atoms with Crippen LogP contribution in [0.4, 0.5) is 5.69 Å². The lowest BCUT2D eigenvalue weighted by Crippen LogP contribution is -2.29. The minimum absolute atomic E-state index is 0.0640. The molecule has 1 aromatic heterocycles. The smallest absolute Gasteiger partial charge is 0.254 e. The Morgan fingerprint density at radius 3 is 2.75 bits per heavy atom. The summed E-state index contributed by atoms with van der Waals surface area (Å²) in [6.07, 6.45) is 1.83. The van der Waals surface area contributed by atoms with Crippen molar-refractivity contribution in [2.45, 2.75) is 18.6 Å². The summed E-state index contributed by atoms with van der Waals surface area (Å²) in [7, 11) is 0. The fraction of sp³-hybridized carbons (Fsp3) is 0.167. The molecule has 3 rings (SSSR count). The highest BCUT2D eigenvalue weighted by Crippen LogP contribution is 2.23. The molecule has 24 heavy (non-hydrogen) atoms. The summed E-state index contributed by atoms with van der Waals surface area (Å²) in [4.78, 5) is 28.9. The molecule has 0 unspecified atom stereocenters. The molecule has 0 bridgehead atoms. The number of thioether (sulfide) groups is 1. The summed E-state index contributed by atoms with van der Waals surface area (Å²) < 4.78 is 1.39. The minimum Gasteiger partial charge on any atom is -0.324 e. The van der Waals surface area contributed by atoms with Gasteiger partial charge in [-0.2, -0.15) is 0 Å². The summed E-state index contributed by atoms with van der Waals surface area (Å²) in [6.45, 7) is 1.70. The molecule has 3 aromatic rings. The van der Waals surface area contributed by atoms with Crippen molar-refractivity contribution in [1.82, 2.24) is 9.55 Å². The predicted octanol–water partition coefficient (Wildman–Crippen LogP) is 3.07. The molecule has 0 spiro atoms. The van der Waals surface area contributed by atoms with Crippen LogP contribution in [0.3, 0.4) is 0 Å². The number of nitrogens with zero attached hydrogens (tertiary/aromatic N) is 2. The molecule has 1 heterocycles. The number of benzene rings is 2. The van der Waals surface area contributed by atoms with E-state index < -0.39 is 0 Å². The highest BCUT2D eigenvalue weighted by molar-refractivity contribution is 7.98. The number of anilines is 1. The standard InChI is InChI=1S/C18H17N3O2S/c1-12-10-17(23)21(18(19-12)24-2)11-16(22)20-15-9-5-7-13-6-3-4-8-14(13)15/h3-10H,11H2,1-2H3,(H,20,22). The van der Waals surface area contributed by atoms with Gasteiger partial charge in [-0.25, -0.2) is 4.98 Å². The highest BCUT2D eigenvalue weighted by Gasteiger charge is 2.12. The summed E-state index contributed by atoms with van der Waals surface area (Å²) in [5.41, 5.74) is 1.16. The van der Waals surface area contributed by atoms with Crippen LogP contribution in [0.1, 0.15) is 5.69 Å². The van der Waals surface area contributed by atoms with Gasteiger partial charge in [-0.1, -0.05) is 48.2 Å². The maximum absolute atomic E-state index is 12.4. The third-order valence-electron chi connectivity index (χ3n) is 3.65. The van der Waals surface area contributed by atoms with Crippen LogP contribution in [0.25, 0.3) is 10.8 Å². The van der Waals surface area contributed by atoms with Crippen molar-refractivity contribution in [1.29, 1.82) is 0 Å². The summed E-state index contributed by atoms with van der Waals surface area (Å²) >= 11 is 1.35. The zero-order chi connectivity index (χ0) is 17.1. The third kappa shape index (κ3) is 3.33. The number of hydrogen-bond donors (Lipinski definition) is 1. The Kier molecular flexibility index (Phi) is 4.66. The van der Waals surface area contributed by atoms with Crippen LogP contribution in [0.5, 0.6) is 0 Å². The zero-order valence-corrected chi connectivity index (χ0v) is 14.3. The van der Waals surface area contributed by atoms with Gasteiger partial charge in [0, 0.05) is 22.8 Å². The number of carbonyl (C=O) groups is 1. The predicted molar refractivity (Wildman–Crippen MR) is 97.6 cm³/mol. The van der Waals surface area contributed by atoms with Crippen LogP contribution >= 0.6 is 11.8 Å². The van der Waals surface area contributed by atoms with Crippen molar-refractivity contribution in [2.75, 3.05) is 11.6 Å². The van der Waals surface area contributed by atoms with E-state index >= 15 is 0 Å². The molecule has 122 valence electrons. The topological polar surface area (TPSA) is 64.0 Å². The Hall–Kier alpha value is -2.60. The van der Waals surface area contributed by atoms with E-state index in [1.54, 1.807) is 6.92 Å². The molecule has 5 nitrogen and oxygen atoms in total. The van der Waals surface area contributed by atoms with Gasteiger partial charge in [-0.3, -0.25) is 14.2 Å². The largest absolute Gasteiger partial charge is 0.324 e. The third-order valence-corrected chi connectivity index (χ3v) is 4.33. The zero-order valence-electron chi connectivity index (χ0n) is 13.4. The van der Waals surface area contributed by atoms with Gasteiger partial charge in [0.25, 0.3) is 5.56 Å². The molecular formula is C18H17N3O2S. The SMILES string of the molecule is CSc1nc(C)cc(=O)n1CC(=O)Nc1cccc2ccccc12. The summed E-state index contributed by atoms with van der Waals surface area (Å²) in [5, 5.41) is 5.44.